The van der Waals surface area contributed by atoms with E-state index in [1.54, 1.807) is 0 Å². The SMILES string of the molecule is CCCCCN(c1ncc(CNC)cc1Cl)C(C)C. The summed E-state index contributed by atoms with van der Waals surface area (Å²) >= 11 is 6.38. The molecular formula is C15H26ClN3. The van der Waals surface area contributed by atoms with E-state index in [2.05, 4.69) is 36.0 Å². The molecule has 1 heterocycles. The van der Waals surface area contributed by atoms with E-state index < -0.39 is 0 Å². The molecule has 0 fully saturated rings. The first kappa shape index (κ1) is 16.3. The van der Waals surface area contributed by atoms with E-state index in [0.29, 0.717) is 6.04 Å². The van der Waals surface area contributed by atoms with E-state index in [-0.39, 0.29) is 0 Å². The van der Waals surface area contributed by atoms with Gasteiger partial charge in [0.2, 0.25) is 0 Å². The van der Waals surface area contributed by atoms with Crippen molar-refractivity contribution in [2.75, 3.05) is 18.5 Å². The number of anilines is 1. The maximum atomic E-state index is 6.38. The molecule has 0 unspecified atom stereocenters. The molecule has 1 rings (SSSR count). The van der Waals surface area contributed by atoms with Crippen LogP contribution in [0.1, 0.15) is 45.6 Å². The summed E-state index contributed by atoms with van der Waals surface area (Å²) < 4.78 is 0. The van der Waals surface area contributed by atoms with Crippen molar-refractivity contribution in [2.24, 2.45) is 0 Å². The Hall–Kier alpha value is -0.800. The van der Waals surface area contributed by atoms with E-state index in [0.717, 1.165) is 29.5 Å². The minimum Gasteiger partial charge on any atom is -0.353 e. The molecule has 0 spiro atoms. The van der Waals surface area contributed by atoms with Crippen molar-refractivity contribution in [2.45, 2.75) is 52.6 Å². The second-order valence-corrected chi connectivity index (χ2v) is 5.58. The summed E-state index contributed by atoms with van der Waals surface area (Å²) in [5.41, 5.74) is 1.12. The minimum atomic E-state index is 0.414. The topological polar surface area (TPSA) is 28.2 Å². The fourth-order valence-electron chi connectivity index (χ4n) is 2.12. The Kier molecular flexibility index (Phi) is 7.17. The Labute approximate surface area is 122 Å². The number of pyridine rings is 1. The molecular weight excluding hydrogens is 258 g/mol. The molecule has 1 aromatic heterocycles. The molecule has 0 radical (unpaired) electrons. The number of rotatable bonds is 8. The zero-order valence-electron chi connectivity index (χ0n) is 12.5. The number of hydrogen-bond donors (Lipinski definition) is 1. The molecule has 0 aromatic carbocycles. The molecule has 108 valence electrons. The first-order valence-corrected chi connectivity index (χ1v) is 7.53. The molecule has 0 saturated heterocycles. The van der Waals surface area contributed by atoms with Gasteiger partial charge in [-0.15, -0.1) is 0 Å². The lowest BCUT2D eigenvalue weighted by Gasteiger charge is -2.28. The highest BCUT2D eigenvalue weighted by Gasteiger charge is 2.15. The molecule has 0 aliphatic carbocycles. The van der Waals surface area contributed by atoms with Crippen LogP contribution in [0.25, 0.3) is 0 Å². The standard InChI is InChI=1S/C15H26ClN3/c1-5-6-7-8-19(12(2)3)15-14(16)9-13(10-17-4)11-18-15/h9,11-12,17H,5-8,10H2,1-4H3. The van der Waals surface area contributed by atoms with Gasteiger partial charge in [-0.3, -0.25) is 0 Å². The first-order valence-electron chi connectivity index (χ1n) is 7.15. The maximum Gasteiger partial charge on any atom is 0.147 e. The average Bonchev–Trinajstić information content (AvgIpc) is 2.36. The summed E-state index contributed by atoms with van der Waals surface area (Å²) in [5, 5.41) is 3.86. The van der Waals surface area contributed by atoms with Gasteiger partial charge < -0.3 is 10.2 Å². The third-order valence-corrected chi connectivity index (χ3v) is 3.44. The third-order valence-electron chi connectivity index (χ3n) is 3.16. The van der Waals surface area contributed by atoms with Gasteiger partial charge in [-0.1, -0.05) is 31.4 Å². The minimum absolute atomic E-state index is 0.414. The first-order chi connectivity index (χ1) is 9.10. The summed E-state index contributed by atoms with van der Waals surface area (Å²) in [7, 11) is 1.92. The van der Waals surface area contributed by atoms with Crippen molar-refractivity contribution < 1.29 is 0 Å². The highest BCUT2D eigenvalue weighted by Crippen LogP contribution is 2.26. The zero-order chi connectivity index (χ0) is 14.3. The number of halogens is 1. The predicted octanol–water partition coefficient (Wildman–Crippen LogP) is 3.86. The number of unbranched alkanes of at least 4 members (excludes halogenated alkanes) is 2. The average molecular weight is 284 g/mol. The van der Waals surface area contributed by atoms with Crippen molar-refractivity contribution in [3.05, 3.63) is 22.8 Å². The molecule has 1 aromatic rings. The highest BCUT2D eigenvalue weighted by molar-refractivity contribution is 6.33. The molecule has 1 N–H and O–H groups in total. The third kappa shape index (κ3) is 5.00. The monoisotopic (exact) mass is 283 g/mol. The van der Waals surface area contributed by atoms with Crippen LogP contribution in [0.4, 0.5) is 5.82 Å². The Morgan fingerprint density at radius 2 is 2.11 bits per heavy atom. The second kappa shape index (κ2) is 8.39. The van der Waals surface area contributed by atoms with Crippen LogP contribution in [0.2, 0.25) is 5.02 Å². The maximum absolute atomic E-state index is 6.38. The quantitative estimate of drug-likeness (QED) is 0.734. The van der Waals surface area contributed by atoms with Crippen LogP contribution in [-0.4, -0.2) is 24.6 Å². The van der Waals surface area contributed by atoms with Crippen LogP contribution in [0, 0.1) is 0 Å². The summed E-state index contributed by atoms with van der Waals surface area (Å²) in [5.74, 6) is 0.910. The Balaban J connectivity index is 2.83. The van der Waals surface area contributed by atoms with Crippen LogP contribution in [0.15, 0.2) is 12.3 Å². The Morgan fingerprint density at radius 3 is 2.63 bits per heavy atom. The molecule has 0 saturated carbocycles. The van der Waals surface area contributed by atoms with E-state index in [9.17, 15) is 0 Å². The normalized spacial score (nSPS) is 11.1. The number of nitrogens with zero attached hydrogens (tertiary/aromatic N) is 2. The van der Waals surface area contributed by atoms with Gasteiger partial charge >= 0.3 is 0 Å². The largest absolute Gasteiger partial charge is 0.353 e. The zero-order valence-corrected chi connectivity index (χ0v) is 13.3. The van der Waals surface area contributed by atoms with E-state index in [1.807, 2.05) is 19.3 Å². The summed E-state index contributed by atoms with van der Waals surface area (Å²) in [4.78, 5) is 6.84. The Morgan fingerprint density at radius 1 is 1.37 bits per heavy atom. The van der Waals surface area contributed by atoms with E-state index in [1.165, 1.54) is 19.3 Å². The van der Waals surface area contributed by atoms with Crippen molar-refractivity contribution in [1.29, 1.82) is 0 Å². The molecule has 19 heavy (non-hydrogen) atoms. The van der Waals surface area contributed by atoms with E-state index in [4.69, 9.17) is 11.6 Å². The van der Waals surface area contributed by atoms with Gasteiger partial charge in [0.1, 0.15) is 5.82 Å². The number of aromatic nitrogens is 1. The van der Waals surface area contributed by atoms with Crippen LogP contribution in [0.3, 0.4) is 0 Å². The van der Waals surface area contributed by atoms with Gasteiger partial charge in [-0.05, 0) is 38.9 Å². The molecule has 0 aliphatic rings. The lowest BCUT2D eigenvalue weighted by molar-refractivity contribution is 0.619. The van der Waals surface area contributed by atoms with Gasteiger partial charge in [0, 0.05) is 25.3 Å². The fourth-order valence-corrected chi connectivity index (χ4v) is 2.42. The molecule has 0 amide bonds. The van der Waals surface area contributed by atoms with Crippen molar-refractivity contribution >= 4 is 17.4 Å². The van der Waals surface area contributed by atoms with Gasteiger partial charge in [0.15, 0.2) is 0 Å². The molecule has 4 heteroatoms. The van der Waals surface area contributed by atoms with Gasteiger partial charge in [-0.25, -0.2) is 4.98 Å². The van der Waals surface area contributed by atoms with E-state index >= 15 is 0 Å². The second-order valence-electron chi connectivity index (χ2n) is 5.17. The van der Waals surface area contributed by atoms with Crippen LogP contribution in [0.5, 0.6) is 0 Å². The predicted molar refractivity (Wildman–Crippen MR) is 84.0 cm³/mol. The van der Waals surface area contributed by atoms with Gasteiger partial charge in [0.05, 0.1) is 5.02 Å². The molecule has 0 atom stereocenters. The number of hydrogen-bond acceptors (Lipinski definition) is 3. The van der Waals surface area contributed by atoms with Crippen molar-refractivity contribution in [1.82, 2.24) is 10.3 Å². The Bertz CT molecular complexity index is 380. The van der Waals surface area contributed by atoms with Crippen molar-refractivity contribution in [3.8, 4) is 0 Å². The number of nitrogens with one attached hydrogen (secondary N) is 1. The highest BCUT2D eigenvalue weighted by atomic mass is 35.5. The van der Waals surface area contributed by atoms with Crippen LogP contribution in [-0.2, 0) is 6.54 Å². The lowest BCUT2D eigenvalue weighted by Crippen LogP contribution is -2.32. The van der Waals surface area contributed by atoms with Crippen LogP contribution < -0.4 is 10.2 Å². The fraction of sp³-hybridized carbons (Fsp3) is 0.667. The smallest absolute Gasteiger partial charge is 0.147 e. The summed E-state index contributed by atoms with van der Waals surface area (Å²) in [6, 6.07) is 2.42. The molecule has 3 nitrogen and oxygen atoms in total. The molecule has 0 bridgehead atoms. The van der Waals surface area contributed by atoms with Gasteiger partial charge in [0.25, 0.3) is 0 Å². The molecule has 0 aliphatic heterocycles. The van der Waals surface area contributed by atoms with Gasteiger partial charge in [-0.2, -0.15) is 0 Å². The summed E-state index contributed by atoms with van der Waals surface area (Å²) in [6.45, 7) is 8.41. The lowest BCUT2D eigenvalue weighted by atomic mass is 10.2. The van der Waals surface area contributed by atoms with Crippen molar-refractivity contribution in [3.63, 3.8) is 0 Å². The summed E-state index contributed by atoms with van der Waals surface area (Å²) in [6.07, 6.45) is 5.57. The van der Waals surface area contributed by atoms with Crippen LogP contribution >= 0.6 is 11.6 Å².